The molecule has 1 rings (SSSR count). The van der Waals surface area contributed by atoms with Crippen LogP contribution in [0.25, 0.3) is 0 Å². The van der Waals surface area contributed by atoms with Crippen LogP contribution in [0.1, 0.15) is 40.0 Å². The zero-order valence-corrected chi connectivity index (χ0v) is 11.4. The summed E-state index contributed by atoms with van der Waals surface area (Å²) >= 11 is 0. The largest absolute Gasteiger partial charge is 0.383 e. The molecule has 1 atom stereocenters. The first-order chi connectivity index (χ1) is 7.71. The van der Waals surface area contributed by atoms with Crippen molar-refractivity contribution in [2.45, 2.75) is 51.6 Å². The fourth-order valence-corrected chi connectivity index (χ4v) is 2.63. The maximum Gasteiger partial charge on any atom is 0.0589 e. The second kappa shape index (κ2) is 6.58. The molecule has 3 heteroatoms. The van der Waals surface area contributed by atoms with E-state index in [1.165, 1.54) is 25.8 Å². The molecule has 0 amide bonds. The number of nitrogens with zero attached hydrogens (tertiary/aromatic N) is 1. The highest BCUT2D eigenvalue weighted by molar-refractivity contribution is 4.96. The average molecular weight is 228 g/mol. The molecule has 1 fully saturated rings. The van der Waals surface area contributed by atoms with Crippen LogP contribution in [0.15, 0.2) is 0 Å². The molecular formula is C13H28N2O. The SMILES string of the molecule is CCC1CNC(CC)(CC)CN1CCOC. The summed E-state index contributed by atoms with van der Waals surface area (Å²) in [6.45, 7) is 11.1. The van der Waals surface area contributed by atoms with Crippen LogP contribution in [0.4, 0.5) is 0 Å². The number of rotatable bonds is 6. The van der Waals surface area contributed by atoms with Crippen LogP contribution in [0.3, 0.4) is 0 Å². The molecule has 3 nitrogen and oxygen atoms in total. The van der Waals surface area contributed by atoms with Gasteiger partial charge >= 0.3 is 0 Å². The van der Waals surface area contributed by atoms with Crippen molar-refractivity contribution in [2.24, 2.45) is 0 Å². The lowest BCUT2D eigenvalue weighted by Crippen LogP contribution is -2.64. The van der Waals surface area contributed by atoms with Gasteiger partial charge in [-0.2, -0.15) is 0 Å². The van der Waals surface area contributed by atoms with Gasteiger partial charge in [0.15, 0.2) is 0 Å². The third kappa shape index (κ3) is 3.19. The van der Waals surface area contributed by atoms with Crippen LogP contribution in [0, 0.1) is 0 Å². The van der Waals surface area contributed by atoms with Crippen LogP contribution in [-0.4, -0.2) is 49.8 Å². The topological polar surface area (TPSA) is 24.5 Å². The Morgan fingerprint density at radius 1 is 1.31 bits per heavy atom. The fraction of sp³-hybridized carbons (Fsp3) is 1.00. The van der Waals surface area contributed by atoms with Crippen LogP contribution in [0.5, 0.6) is 0 Å². The number of nitrogens with one attached hydrogen (secondary N) is 1. The number of hydrogen-bond acceptors (Lipinski definition) is 3. The maximum absolute atomic E-state index is 5.21. The maximum atomic E-state index is 5.21. The van der Waals surface area contributed by atoms with Gasteiger partial charge in [0.05, 0.1) is 6.61 Å². The summed E-state index contributed by atoms with van der Waals surface area (Å²) in [6.07, 6.45) is 3.65. The first kappa shape index (κ1) is 13.9. The smallest absolute Gasteiger partial charge is 0.0589 e. The average Bonchev–Trinajstić information content (AvgIpc) is 2.35. The molecule has 0 aromatic heterocycles. The van der Waals surface area contributed by atoms with E-state index < -0.39 is 0 Å². The van der Waals surface area contributed by atoms with Crippen molar-refractivity contribution < 1.29 is 4.74 Å². The zero-order chi connectivity index (χ0) is 12.0. The third-order valence-corrected chi connectivity index (χ3v) is 4.14. The summed E-state index contributed by atoms with van der Waals surface area (Å²) in [5.41, 5.74) is 0.333. The summed E-state index contributed by atoms with van der Waals surface area (Å²) in [4.78, 5) is 2.60. The minimum atomic E-state index is 0.333. The number of methoxy groups -OCH3 is 1. The van der Waals surface area contributed by atoms with Gasteiger partial charge < -0.3 is 10.1 Å². The van der Waals surface area contributed by atoms with Gasteiger partial charge in [-0.15, -0.1) is 0 Å². The predicted molar refractivity (Wildman–Crippen MR) is 68.8 cm³/mol. The Balaban J connectivity index is 2.60. The molecule has 0 aromatic rings. The molecule has 96 valence electrons. The lowest BCUT2D eigenvalue weighted by molar-refractivity contribution is 0.0472. The van der Waals surface area contributed by atoms with E-state index in [0.717, 1.165) is 19.7 Å². The molecule has 0 bridgehead atoms. The molecule has 1 heterocycles. The summed E-state index contributed by atoms with van der Waals surface area (Å²) in [5.74, 6) is 0. The first-order valence-corrected chi connectivity index (χ1v) is 6.69. The Morgan fingerprint density at radius 2 is 2.00 bits per heavy atom. The van der Waals surface area contributed by atoms with Crippen molar-refractivity contribution >= 4 is 0 Å². The zero-order valence-electron chi connectivity index (χ0n) is 11.4. The van der Waals surface area contributed by atoms with Gasteiger partial charge in [-0.05, 0) is 19.3 Å². The van der Waals surface area contributed by atoms with Crippen molar-refractivity contribution in [1.82, 2.24) is 10.2 Å². The van der Waals surface area contributed by atoms with Gasteiger partial charge in [0.25, 0.3) is 0 Å². The van der Waals surface area contributed by atoms with E-state index in [9.17, 15) is 0 Å². The number of ether oxygens (including phenoxy) is 1. The summed E-state index contributed by atoms with van der Waals surface area (Å²) in [7, 11) is 1.79. The molecule has 1 N–H and O–H groups in total. The van der Waals surface area contributed by atoms with Gasteiger partial charge in [-0.25, -0.2) is 0 Å². The minimum absolute atomic E-state index is 0.333. The van der Waals surface area contributed by atoms with Gasteiger partial charge in [0, 0.05) is 38.3 Å². The van der Waals surface area contributed by atoms with E-state index >= 15 is 0 Å². The van der Waals surface area contributed by atoms with Crippen molar-refractivity contribution in [3.8, 4) is 0 Å². The Bertz CT molecular complexity index is 192. The van der Waals surface area contributed by atoms with Crippen molar-refractivity contribution in [1.29, 1.82) is 0 Å². The predicted octanol–water partition coefficient (Wildman–Crippen LogP) is 1.88. The Morgan fingerprint density at radius 3 is 2.50 bits per heavy atom. The molecule has 1 aliphatic rings. The Hall–Kier alpha value is -0.120. The number of piperazine rings is 1. The molecule has 1 saturated heterocycles. The minimum Gasteiger partial charge on any atom is -0.383 e. The van der Waals surface area contributed by atoms with Crippen LogP contribution < -0.4 is 5.32 Å². The first-order valence-electron chi connectivity index (χ1n) is 6.69. The Labute approximate surface area is 101 Å². The van der Waals surface area contributed by atoms with Gasteiger partial charge in [-0.3, -0.25) is 4.90 Å². The molecule has 0 spiro atoms. The summed E-state index contributed by atoms with van der Waals surface area (Å²) in [5, 5.41) is 3.76. The van der Waals surface area contributed by atoms with Crippen LogP contribution in [0.2, 0.25) is 0 Å². The molecule has 0 aliphatic carbocycles. The normalized spacial score (nSPS) is 25.9. The molecule has 0 aromatic carbocycles. The molecule has 16 heavy (non-hydrogen) atoms. The summed E-state index contributed by atoms with van der Waals surface area (Å²) in [6, 6.07) is 0.682. The van der Waals surface area contributed by atoms with E-state index in [1.807, 2.05) is 0 Å². The van der Waals surface area contributed by atoms with Crippen molar-refractivity contribution in [2.75, 3.05) is 33.4 Å². The van der Waals surface area contributed by atoms with E-state index in [1.54, 1.807) is 7.11 Å². The highest BCUT2D eigenvalue weighted by Gasteiger charge is 2.35. The fourth-order valence-electron chi connectivity index (χ4n) is 2.63. The van der Waals surface area contributed by atoms with Crippen LogP contribution >= 0.6 is 0 Å². The van der Waals surface area contributed by atoms with Gasteiger partial charge in [-0.1, -0.05) is 20.8 Å². The van der Waals surface area contributed by atoms with E-state index in [4.69, 9.17) is 4.74 Å². The quantitative estimate of drug-likeness (QED) is 0.751. The second-order valence-electron chi connectivity index (χ2n) is 4.89. The second-order valence-corrected chi connectivity index (χ2v) is 4.89. The monoisotopic (exact) mass is 228 g/mol. The van der Waals surface area contributed by atoms with E-state index in [2.05, 4.69) is 31.0 Å². The highest BCUT2D eigenvalue weighted by Crippen LogP contribution is 2.23. The molecular weight excluding hydrogens is 200 g/mol. The van der Waals surface area contributed by atoms with E-state index in [0.29, 0.717) is 11.6 Å². The Kier molecular flexibility index (Phi) is 5.73. The highest BCUT2D eigenvalue weighted by atomic mass is 16.5. The van der Waals surface area contributed by atoms with Gasteiger partial charge in [0.1, 0.15) is 0 Å². The standard InChI is InChI=1S/C13H28N2O/c1-5-12-10-14-13(6-2,7-3)11-15(12)8-9-16-4/h12,14H,5-11H2,1-4H3. The third-order valence-electron chi connectivity index (χ3n) is 4.14. The summed E-state index contributed by atoms with van der Waals surface area (Å²) < 4.78 is 5.21. The lowest BCUT2D eigenvalue weighted by atomic mass is 9.88. The van der Waals surface area contributed by atoms with Gasteiger partial charge in [0.2, 0.25) is 0 Å². The molecule has 0 saturated carbocycles. The number of hydrogen-bond donors (Lipinski definition) is 1. The van der Waals surface area contributed by atoms with Crippen molar-refractivity contribution in [3.63, 3.8) is 0 Å². The van der Waals surface area contributed by atoms with Crippen LogP contribution in [-0.2, 0) is 4.74 Å². The molecule has 0 radical (unpaired) electrons. The lowest BCUT2D eigenvalue weighted by Gasteiger charge is -2.47. The van der Waals surface area contributed by atoms with Crippen molar-refractivity contribution in [3.05, 3.63) is 0 Å². The molecule has 1 unspecified atom stereocenters. The van der Waals surface area contributed by atoms with E-state index in [-0.39, 0.29) is 0 Å². The molecule has 1 aliphatic heterocycles.